The predicted molar refractivity (Wildman–Crippen MR) is 61.3 cm³/mol. The van der Waals surface area contributed by atoms with Crippen molar-refractivity contribution in [3.05, 3.63) is 18.1 Å². The molecule has 1 aromatic heterocycles. The molecule has 0 bridgehead atoms. The van der Waals surface area contributed by atoms with Gasteiger partial charge in [0.1, 0.15) is 17.8 Å². The van der Waals surface area contributed by atoms with E-state index in [0.717, 1.165) is 5.82 Å². The number of nitrogens with zero attached hydrogens (tertiary/aromatic N) is 2. The number of anilines is 1. The molecular formula is C11H16N4O. The minimum absolute atomic E-state index is 0.113. The second kappa shape index (κ2) is 4.47. The van der Waals surface area contributed by atoms with Crippen LogP contribution in [0.4, 0.5) is 5.82 Å². The number of aromatic nitrogens is 2. The number of carbonyl (C=O) groups excluding carboxylic acids is 1. The van der Waals surface area contributed by atoms with Crippen molar-refractivity contribution in [2.24, 2.45) is 0 Å². The highest BCUT2D eigenvalue weighted by Gasteiger charge is 2.21. The minimum Gasteiger partial charge on any atom is -0.367 e. The van der Waals surface area contributed by atoms with E-state index in [1.165, 1.54) is 19.2 Å². The molecule has 5 heteroatoms. The van der Waals surface area contributed by atoms with E-state index in [2.05, 4.69) is 20.6 Å². The van der Waals surface area contributed by atoms with Crippen LogP contribution in [0.5, 0.6) is 0 Å². The Morgan fingerprint density at radius 2 is 2.19 bits per heavy atom. The zero-order chi connectivity index (χ0) is 11.5. The van der Waals surface area contributed by atoms with Crippen molar-refractivity contribution in [3.63, 3.8) is 0 Å². The Labute approximate surface area is 94.7 Å². The molecule has 0 radical (unpaired) electrons. The van der Waals surface area contributed by atoms with Crippen molar-refractivity contribution in [2.75, 3.05) is 5.32 Å². The maximum Gasteiger partial charge on any atom is 0.270 e. The molecule has 86 valence electrons. The van der Waals surface area contributed by atoms with Crippen LogP contribution in [0.25, 0.3) is 0 Å². The second-order valence-electron chi connectivity index (χ2n) is 4.34. The first-order valence-electron chi connectivity index (χ1n) is 5.54. The van der Waals surface area contributed by atoms with Crippen LogP contribution in [0.2, 0.25) is 0 Å². The molecule has 0 atom stereocenters. The van der Waals surface area contributed by atoms with E-state index in [1.807, 2.05) is 13.8 Å². The summed E-state index contributed by atoms with van der Waals surface area (Å²) in [6.45, 7) is 3.84. The molecule has 0 spiro atoms. The summed E-state index contributed by atoms with van der Waals surface area (Å²) in [7, 11) is 0. The zero-order valence-electron chi connectivity index (χ0n) is 9.53. The number of hydrogen-bond acceptors (Lipinski definition) is 4. The Bertz CT molecular complexity index is 387. The largest absolute Gasteiger partial charge is 0.367 e. The number of amides is 1. The Kier molecular flexibility index (Phi) is 3.03. The van der Waals surface area contributed by atoms with Crippen LogP contribution < -0.4 is 10.6 Å². The first-order chi connectivity index (χ1) is 7.65. The Morgan fingerprint density at radius 1 is 1.44 bits per heavy atom. The van der Waals surface area contributed by atoms with Crippen LogP contribution in [0, 0.1) is 0 Å². The molecule has 1 aliphatic rings. The van der Waals surface area contributed by atoms with Crippen LogP contribution in [0.15, 0.2) is 12.4 Å². The normalized spacial score (nSPS) is 14.9. The quantitative estimate of drug-likeness (QED) is 0.799. The molecular weight excluding hydrogens is 204 g/mol. The van der Waals surface area contributed by atoms with Crippen molar-refractivity contribution >= 4 is 11.7 Å². The van der Waals surface area contributed by atoms with Gasteiger partial charge in [0.2, 0.25) is 0 Å². The van der Waals surface area contributed by atoms with E-state index in [9.17, 15) is 4.79 Å². The summed E-state index contributed by atoms with van der Waals surface area (Å²) < 4.78 is 0. The van der Waals surface area contributed by atoms with Crippen molar-refractivity contribution in [1.29, 1.82) is 0 Å². The van der Waals surface area contributed by atoms with Crippen molar-refractivity contribution in [3.8, 4) is 0 Å². The van der Waals surface area contributed by atoms with Crippen LogP contribution in [0.1, 0.15) is 37.2 Å². The fourth-order valence-electron chi connectivity index (χ4n) is 1.33. The third kappa shape index (κ3) is 2.92. The highest BCUT2D eigenvalue weighted by atomic mass is 16.1. The van der Waals surface area contributed by atoms with Crippen molar-refractivity contribution in [2.45, 2.75) is 38.8 Å². The van der Waals surface area contributed by atoms with Gasteiger partial charge in [0.15, 0.2) is 0 Å². The zero-order valence-corrected chi connectivity index (χ0v) is 9.53. The molecule has 1 aromatic rings. The lowest BCUT2D eigenvalue weighted by Gasteiger charge is -2.08. The van der Waals surface area contributed by atoms with Crippen molar-refractivity contribution in [1.82, 2.24) is 15.3 Å². The molecule has 0 saturated heterocycles. The van der Waals surface area contributed by atoms with Gasteiger partial charge in [0, 0.05) is 18.2 Å². The lowest BCUT2D eigenvalue weighted by Crippen LogP contribution is -2.30. The number of hydrogen-bond donors (Lipinski definition) is 2. The Balaban J connectivity index is 2.05. The highest BCUT2D eigenvalue weighted by Crippen LogP contribution is 2.23. The van der Waals surface area contributed by atoms with Crippen LogP contribution in [-0.4, -0.2) is 28.0 Å². The average molecular weight is 220 g/mol. The number of nitrogens with one attached hydrogen (secondary N) is 2. The van der Waals surface area contributed by atoms with E-state index in [4.69, 9.17) is 0 Å². The number of rotatable bonds is 4. The topological polar surface area (TPSA) is 66.9 Å². The molecule has 0 aliphatic heterocycles. The fourth-order valence-corrected chi connectivity index (χ4v) is 1.33. The molecule has 5 nitrogen and oxygen atoms in total. The van der Waals surface area contributed by atoms with Crippen LogP contribution >= 0.6 is 0 Å². The maximum absolute atomic E-state index is 11.7. The lowest BCUT2D eigenvalue weighted by atomic mass is 10.3. The van der Waals surface area contributed by atoms with Gasteiger partial charge in [-0.2, -0.15) is 0 Å². The van der Waals surface area contributed by atoms with E-state index < -0.39 is 0 Å². The molecule has 1 aliphatic carbocycles. The van der Waals surface area contributed by atoms with Crippen molar-refractivity contribution < 1.29 is 4.79 Å². The standard InChI is InChI=1S/C11H16N4O/c1-7(2)14-11(16)9-5-10(13-6-12-9)15-8-3-4-8/h5-8H,3-4H2,1-2H3,(H,14,16)(H,12,13,15). The lowest BCUT2D eigenvalue weighted by molar-refractivity contribution is 0.0938. The fraction of sp³-hybridized carbons (Fsp3) is 0.545. The van der Waals surface area contributed by atoms with Gasteiger partial charge >= 0.3 is 0 Å². The summed E-state index contributed by atoms with van der Waals surface area (Å²) in [4.78, 5) is 19.7. The van der Waals surface area contributed by atoms with E-state index in [0.29, 0.717) is 11.7 Å². The SMILES string of the molecule is CC(C)NC(=O)c1cc(NC2CC2)ncn1. The molecule has 1 heterocycles. The Hall–Kier alpha value is -1.65. The van der Waals surface area contributed by atoms with Crippen LogP contribution in [-0.2, 0) is 0 Å². The van der Waals surface area contributed by atoms with Gasteiger partial charge in [-0.05, 0) is 26.7 Å². The van der Waals surface area contributed by atoms with Gasteiger partial charge in [-0.15, -0.1) is 0 Å². The average Bonchev–Trinajstić information content (AvgIpc) is 3.01. The second-order valence-corrected chi connectivity index (χ2v) is 4.34. The first kappa shape index (κ1) is 10.9. The van der Waals surface area contributed by atoms with Crippen LogP contribution in [0.3, 0.4) is 0 Å². The molecule has 0 unspecified atom stereocenters. The Morgan fingerprint density at radius 3 is 2.81 bits per heavy atom. The minimum atomic E-state index is -0.156. The van der Waals surface area contributed by atoms with Gasteiger partial charge in [-0.1, -0.05) is 0 Å². The van der Waals surface area contributed by atoms with Gasteiger partial charge in [-0.25, -0.2) is 9.97 Å². The summed E-state index contributed by atoms with van der Waals surface area (Å²) in [6, 6.07) is 2.33. The smallest absolute Gasteiger partial charge is 0.270 e. The number of carbonyl (C=O) groups is 1. The monoisotopic (exact) mass is 220 g/mol. The molecule has 2 N–H and O–H groups in total. The highest BCUT2D eigenvalue weighted by molar-refractivity contribution is 5.92. The van der Waals surface area contributed by atoms with Gasteiger partial charge < -0.3 is 10.6 Å². The summed E-state index contributed by atoms with van der Waals surface area (Å²) in [5.74, 6) is 0.572. The summed E-state index contributed by atoms with van der Waals surface area (Å²) >= 11 is 0. The molecule has 1 saturated carbocycles. The molecule has 1 fully saturated rings. The van der Waals surface area contributed by atoms with Gasteiger partial charge in [-0.3, -0.25) is 4.79 Å². The molecule has 0 aromatic carbocycles. The van der Waals surface area contributed by atoms with Gasteiger partial charge in [0.05, 0.1) is 0 Å². The maximum atomic E-state index is 11.7. The summed E-state index contributed by atoms with van der Waals surface area (Å²) in [5.41, 5.74) is 0.409. The molecule has 1 amide bonds. The van der Waals surface area contributed by atoms with E-state index >= 15 is 0 Å². The summed E-state index contributed by atoms with van der Waals surface area (Å²) in [6.07, 6.45) is 3.77. The summed E-state index contributed by atoms with van der Waals surface area (Å²) in [5, 5.41) is 6.03. The van der Waals surface area contributed by atoms with E-state index in [1.54, 1.807) is 6.07 Å². The first-order valence-corrected chi connectivity index (χ1v) is 5.54. The molecule has 16 heavy (non-hydrogen) atoms. The third-order valence-corrected chi connectivity index (χ3v) is 2.25. The molecule has 2 rings (SSSR count). The third-order valence-electron chi connectivity index (χ3n) is 2.25. The predicted octanol–water partition coefficient (Wildman–Crippen LogP) is 1.19. The van der Waals surface area contributed by atoms with Gasteiger partial charge in [0.25, 0.3) is 5.91 Å². The van der Waals surface area contributed by atoms with E-state index in [-0.39, 0.29) is 11.9 Å².